The molecule has 0 radical (unpaired) electrons. The maximum atomic E-state index is 10.6. The maximum Gasteiger partial charge on any atom is 0.329 e. The van der Waals surface area contributed by atoms with Crippen LogP contribution in [0.5, 0.6) is 5.75 Å². The molecule has 82 valence electrons. The molecule has 0 aliphatic heterocycles. The lowest BCUT2D eigenvalue weighted by molar-refractivity contribution is -0.386. The highest BCUT2D eigenvalue weighted by atomic mass is 16.6. The van der Waals surface area contributed by atoms with Crippen LogP contribution in [0.3, 0.4) is 0 Å². The molecule has 6 nitrogen and oxygen atoms in total. The lowest BCUT2D eigenvalue weighted by Crippen LogP contribution is -2.20. The van der Waals surface area contributed by atoms with Gasteiger partial charge in [-0.1, -0.05) is 6.92 Å². The number of ether oxygens (including phenoxy) is 1. The highest BCUT2D eigenvalue weighted by Crippen LogP contribution is 2.24. The molecule has 0 bridgehead atoms. The summed E-state index contributed by atoms with van der Waals surface area (Å²) in [5.41, 5.74) is -0.103. The molecule has 1 rings (SSSR count). The molecule has 0 fully saturated rings. The first-order chi connectivity index (χ1) is 7.25. The summed E-state index contributed by atoms with van der Waals surface area (Å²) in [5.74, 6) is 0.257. The summed E-state index contributed by atoms with van der Waals surface area (Å²) in [6, 6.07) is 1.49. The summed E-state index contributed by atoms with van der Waals surface area (Å²) < 4.78 is 5.26. The van der Waals surface area contributed by atoms with Crippen LogP contribution in [0.2, 0.25) is 0 Å². The van der Waals surface area contributed by atoms with Gasteiger partial charge in [0.05, 0.1) is 4.92 Å². The number of rotatable bonds is 6. The topological polar surface area (TPSA) is 77.3 Å². The predicted molar refractivity (Wildman–Crippen MR) is 54.9 cm³/mol. The number of nitrogens with zero attached hydrogens (tertiary/aromatic N) is 2. The fourth-order valence-corrected chi connectivity index (χ4v) is 1.04. The fourth-order valence-electron chi connectivity index (χ4n) is 1.04. The largest absolute Gasteiger partial charge is 0.485 e. The maximum absolute atomic E-state index is 10.6. The minimum Gasteiger partial charge on any atom is -0.485 e. The summed E-state index contributed by atoms with van der Waals surface area (Å²) in [5, 5.41) is 13.6. The molecule has 0 atom stereocenters. The third kappa shape index (κ3) is 3.51. The Morgan fingerprint density at radius 3 is 3.13 bits per heavy atom. The highest BCUT2D eigenvalue weighted by Gasteiger charge is 2.13. The average molecular weight is 211 g/mol. The van der Waals surface area contributed by atoms with Crippen molar-refractivity contribution in [2.24, 2.45) is 0 Å². The quantitative estimate of drug-likeness (QED) is 0.431. The van der Waals surface area contributed by atoms with Crippen molar-refractivity contribution < 1.29 is 9.66 Å². The number of aromatic nitrogens is 1. The summed E-state index contributed by atoms with van der Waals surface area (Å²) in [6.45, 7) is 3.89. The van der Waals surface area contributed by atoms with E-state index in [1.54, 1.807) is 0 Å². The van der Waals surface area contributed by atoms with Crippen LogP contribution in [0, 0.1) is 10.1 Å². The van der Waals surface area contributed by atoms with Crippen molar-refractivity contribution in [3.05, 3.63) is 28.6 Å². The molecule has 0 aliphatic rings. The standard InChI is InChI=1S/C9H13N3O3/c1-2-10-5-6-15-9-3-4-11-7-8(9)12(13)14/h3-4,7,10H,2,5-6H2,1H3. The average Bonchev–Trinajstić information content (AvgIpc) is 2.25. The normalized spacial score (nSPS) is 9.93. The number of hydrogen-bond acceptors (Lipinski definition) is 5. The van der Waals surface area contributed by atoms with E-state index in [0.29, 0.717) is 13.2 Å². The number of nitro groups is 1. The van der Waals surface area contributed by atoms with Gasteiger partial charge in [-0.15, -0.1) is 0 Å². The van der Waals surface area contributed by atoms with E-state index >= 15 is 0 Å². The molecule has 0 amide bonds. The van der Waals surface area contributed by atoms with Crippen molar-refractivity contribution in [2.75, 3.05) is 19.7 Å². The molecular formula is C9H13N3O3. The molecule has 6 heteroatoms. The third-order valence-corrected chi connectivity index (χ3v) is 1.74. The van der Waals surface area contributed by atoms with Gasteiger partial charge in [0.2, 0.25) is 0 Å². The molecular weight excluding hydrogens is 198 g/mol. The van der Waals surface area contributed by atoms with E-state index in [9.17, 15) is 10.1 Å². The van der Waals surface area contributed by atoms with E-state index < -0.39 is 4.92 Å². The van der Waals surface area contributed by atoms with Crippen molar-refractivity contribution >= 4 is 5.69 Å². The van der Waals surface area contributed by atoms with Crippen LogP contribution in [0.1, 0.15) is 6.92 Å². The first kappa shape index (κ1) is 11.4. The first-order valence-corrected chi connectivity index (χ1v) is 4.67. The molecule has 0 spiro atoms. The molecule has 1 heterocycles. The van der Waals surface area contributed by atoms with E-state index in [1.165, 1.54) is 18.5 Å². The number of nitrogens with one attached hydrogen (secondary N) is 1. The molecule has 0 saturated heterocycles. The van der Waals surface area contributed by atoms with Crippen LogP contribution < -0.4 is 10.1 Å². The summed E-state index contributed by atoms with van der Waals surface area (Å²) in [4.78, 5) is 13.7. The Morgan fingerprint density at radius 2 is 2.47 bits per heavy atom. The second kappa shape index (κ2) is 5.92. The van der Waals surface area contributed by atoms with Gasteiger partial charge in [0.1, 0.15) is 12.8 Å². The monoisotopic (exact) mass is 211 g/mol. The van der Waals surface area contributed by atoms with E-state index in [2.05, 4.69) is 10.3 Å². The van der Waals surface area contributed by atoms with E-state index in [4.69, 9.17) is 4.74 Å². The van der Waals surface area contributed by atoms with Gasteiger partial charge >= 0.3 is 5.69 Å². The molecule has 0 aliphatic carbocycles. The van der Waals surface area contributed by atoms with Gasteiger partial charge in [-0.25, -0.2) is 0 Å². The summed E-state index contributed by atoms with van der Waals surface area (Å²) in [6.07, 6.45) is 2.65. The first-order valence-electron chi connectivity index (χ1n) is 4.67. The minimum absolute atomic E-state index is 0.103. The van der Waals surface area contributed by atoms with Gasteiger partial charge in [-0.05, 0) is 6.54 Å². The third-order valence-electron chi connectivity index (χ3n) is 1.74. The molecule has 15 heavy (non-hydrogen) atoms. The Bertz CT molecular complexity index is 330. The van der Waals surface area contributed by atoms with E-state index in [1.807, 2.05) is 6.92 Å². The van der Waals surface area contributed by atoms with Crippen molar-refractivity contribution in [3.63, 3.8) is 0 Å². The molecule has 0 unspecified atom stereocenters. The number of pyridine rings is 1. The SMILES string of the molecule is CCNCCOc1ccncc1[N+](=O)[O-]. The van der Waals surface area contributed by atoms with Crippen LogP contribution in [0.4, 0.5) is 5.69 Å². The Labute approximate surface area is 87.4 Å². The van der Waals surface area contributed by atoms with Gasteiger partial charge in [-0.2, -0.15) is 0 Å². The zero-order chi connectivity index (χ0) is 11.1. The van der Waals surface area contributed by atoms with Crippen molar-refractivity contribution in [1.29, 1.82) is 0 Å². The molecule has 1 aromatic rings. The molecule has 1 N–H and O–H groups in total. The Morgan fingerprint density at radius 1 is 1.67 bits per heavy atom. The fraction of sp³-hybridized carbons (Fsp3) is 0.444. The second-order valence-electron chi connectivity index (χ2n) is 2.80. The van der Waals surface area contributed by atoms with Crippen molar-refractivity contribution in [2.45, 2.75) is 6.92 Å². The molecule has 0 aromatic carbocycles. The van der Waals surface area contributed by atoms with Gasteiger partial charge < -0.3 is 10.1 Å². The molecule has 0 saturated carbocycles. The van der Waals surface area contributed by atoms with Crippen LogP contribution in [-0.2, 0) is 0 Å². The summed E-state index contributed by atoms with van der Waals surface area (Å²) >= 11 is 0. The van der Waals surface area contributed by atoms with Gasteiger partial charge in [0.15, 0.2) is 5.75 Å². The van der Waals surface area contributed by atoms with Crippen molar-refractivity contribution in [1.82, 2.24) is 10.3 Å². The van der Waals surface area contributed by atoms with Crippen LogP contribution in [0.15, 0.2) is 18.5 Å². The van der Waals surface area contributed by atoms with Crippen LogP contribution in [0.25, 0.3) is 0 Å². The lowest BCUT2D eigenvalue weighted by Gasteiger charge is -2.05. The van der Waals surface area contributed by atoms with Crippen LogP contribution >= 0.6 is 0 Å². The minimum atomic E-state index is -0.504. The molecule has 1 aromatic heterocycles. The van der Waals surface area contributed by atoms with E-state index in [0.717, 1.165) is 6.54 Å². The van der Waals surface area contributed by atoms with Gasteiger partial charge in [0.25, 0.3) is 0 Å². The Kier molecular flexibility index (Phi) is 4.49. The lowest BCUT2D eigenvalue weighted by atomic mass is 10.4. The van der Waals surface area contributed by atoms with Gasteiger partial charge in [-0.3, -0.25) is 15.1 Å². The zero-order valence-corrected chi connectivity index (χ0v) is 8.47. The van der Waals surface area contributed by atoms with Crippen molar-refractivity contribution in [3.8, 4) is 5.75 Å². The number of hydrogen-bond donors (Lipinski definition) is 1. The zero-order valence-electron chi connectivity index (χ0n) is 8.47. The smallest absolute Gasteiger partial charge is 0.329 e. The Balaban J connectivity index is 2.56. The summed E-state index contributed by atoms with van der Waals surface area (Å²) in [7, 11) is 0. The number of likely N-dealkylation sites (N-methyl/N-ethyl adjacent to an activating group) is 1. The van der Waals surface area contributed by atoms with Crippen LogP contribution in [-0.4, -0.2) is 29.6 Å². The Hall–Kier alpha value is -1.69. The highest BCUT2D eigenvalue weighted by molar-refractivity contribution is 5.42. The van der Waals surface area contributed by atoms with Gasteiger partial charge in [0, 0.05) is 18.8 Å². The second-order valence-corrected chi connectivity index (χ2v) is 2.80. The van der Waals surface area contributed by atoms with E-state index in [-0.39, 0.29) is 11.4 Å². The predicted octanol–water partition coefficient (Wildman–Crippen LogP) is 0.978.